The summed E-state index contributed by atoms with van der Waals surface area (Å²) in [5.74, 6) is 0.919. The van der Waals surface area contributed by atoms with Gasteiger partial charge in [-0.1, -0.05) is 25.1 Å². The molecule has 1 aromatic heterocycles. The topological polar surface area (TPSA) is 17.8 Å². The second-order valence-electron chi connectivity index (χ2n) is 5.42. The molecule has 0 saturated carbocycles. The van der Waals surface area contributed by atoms with Crippen LogP contribution < -0.4 is 0 Å². The molecule has 21 heavy (non-hydrogen) atoms. The van der Waals surface area contributed by atoms with Crippen LogP contribution in [-0.4, -0.2) is 9.55 Å². The Labute approximate surface area is 124 Å². The number of rotatable bonds is 4. The normalized spacial score (nSPS) is 11.2. The first kappa shape index (κ1) is 13.8. The molecule has 0 aliphatic rings. The van der Waals surface area contributed by atoms with Crippen LogP contribution in [0.25, 0.3) is 11.0 Å². The van der Waals surface area contributed by atoms with E-state index in [1.807, 2.05) is 31.2 Å². The van der Waals surface area contributed by atoms with Crippen molar-refractivity contribution in [1.82, 2.24) is 9.55 Å². The summed E-state index contributed by atoms with van der Waals surface area (Å²) in [6.45, 7) is 4.85. The Balaban J connectivity index is 2.07. The molecule has 0 radical (unpaired) electrons. The van der Waals surface area contributed by atoms with Crippen molar-refractivity contribution in [2.45, 2.75) is 33.2 Å². The lowest BCUT2D eigenvalue weighted by molar-refractivity contribution is 0.624. The van der Waals surface area contributed by atoms with Gasteiger partial charge in [-0.05, 0) is 48.7 Å². The first-order chi connectivity index (χ1) is 10.2. The molecular formula is C18H19FN2. The number of nitrogens with zero attached hydrogens (tertiary/aromatic N) is 2. The van der Waals surface area contributed by atoms with Crippen LogP contribution in [0, 0.1) is 12.7 Å². The third kappa shape index (κ3) is 2.68. The maximum absolute atomic E-state index is 13.3. The van der Waals surface area contributed by atoms with Gasteiger partial charge in [0.15, 0.2) is 0 Å². The number of para-hydroxylation sites is 2. The van der Waals surface area contributed by atoms with E-state index in [1.54, 1.807) is 6.07 Å². The van der Waals surface area contributed by atoms with Gasteiger partial charge in [0.2, 0.25) is 0 Å². The third-order valence-corrected chi connectivity index (χ3v) is 3.84. The molecule has 0 amide bonds. The lowest BCUT2D eigenvalue weighted by Gasteiger charge is -2.11. The predicted octanol–water partition coefficient (Wildman–Crippen LogP) is 4.48. The molecule has 0 saturated heterocycles. The van der Waals surface area contributed by atoms with Crippen molar-refractivity contribution in [2.24, 2.45) is 0 Å². The second kappa shape index (κ2) is 5.68. The van der Waals surface area contributed by atoms with E-state index in [0.29, 0.717) is 0 Å². The average molecular weight is 282 g/mol. The molecule has 0 fully saturated rings. The molecule has 108 valence electrons. The number of hydrogen-bond donors (Lipinski definition) is 0. The van der Waals surface area contributed by atoms with Gasteiger partial charge in [-0.15, -0.1) is 0 Å². The van der Waals surface area contributed by atoms with Crippen molar-refractivity contribution in [3.8, 4) is 0 Å². The Bertz CT molecular complexity index is 774. The number of halogens is 1. The number of imidazole rings is 1. The van der Waals surface area contributed by atoms with Gasteiger partial charge in [0.25, 0.3) is 0 Å². The average Bonchev–Trinajstić information content (AvgIpc) is 2.80. The minimum Gasteiger partial charge on any atom is -0.323 e. The monoisotopic (exact) mass is 282 g/mol. The zero-order chi connectivity index (χ0) is 14.8. The summed E-state index contributed by atoms with van der Waals surface area (Å²) in [5, 5.41) is 0. The van der Waals surface area contributed by atoms with E-state index >= 15 is 0 Å². The third-order valence-electron chi connectivity index (χ3n) is 3.84. The molecule has 3 aromatic rings. The summed E-state index contributed by atoms with van der Waals surface area (Å²) in [7, 11) is 0. The maximum Gasteiger partial charge on any atom is 0.123 e. The Kier molecular flexibility index (Phi) is 3.74. The minimum atomic E-state index is -0.180. The Hall–Kier alpha value is -2.16. The molecule has 0 N–H and O–H groups in total. The number of aryl methyl sites for hydroxylation is 2. The van der Waals surface area contributed by atoms with Crippen molar-refractivity contribution in [2.75, 3.05) is 0 Å². The van der Waals surface area contributed by atoms with Crippen LogP contribution in [0.2, 0.25) is 0 Å². The molecular weight excluding hydrogens is 263 g/mol. The van der Waals surface area contributed by atoms with Crippen LogP contribution in [0.4, 0.5) is 4.39 Å². The fourth-order valence-electron chi connectivity index (χ4n) is 2.72. The number of fused-ring (bicyclic) bond motifs is 1. The first-order valence-electron chi connectivity index (χ1n) is 7.38. The molecule has 0 aliphatic carbocycles. The number of benzene rings is 2. The molecule has 0 unspecified atom stereocenters. The highest BCUT2D eigenvalue weighted by atomic mass is 19.1. The molecule has 3 rings (SSSR count). The zero-order valence-corrected chi connectivity index (χ0v) is 12.4. The first-order valence-corrected chi connectivity index (χ1v) is 7.38. The zero-order valence-electron chi connectivity index (χ0n) is 12.4. The summed E-state index contributed by atoms with van der Waals surface area (Å²) in [4.78, 5) is 4.73. The fraction of sp³-hybridized carbons (Fsp3) is 0.278. The van der Waals surface area contributed by atoms with Crippen LogP contribution in [0.5, 0.6) is 0 Å². The van der Waals surface area contributed by atoms with Gasteiger partial charge < -0.3 is 4.57 Å². The summed E-state index contributed by atoms with van der Waals surface area (Å²) in [5.41, 5.74) is 4.29. The number of hydrogen-bond acceptors (Lipinski definition) is 1. The fourth-order valence-corrected chi connectivity index (χ4v) is 2.72. The molecule has 2 nitrogen and oxygen atoms in total. The molecule has 0 bridgehead atoms. The number of aromatic nitrogens is 2. The van der Waals surface area contributed by atoms with E-state index in [4.69, 9.17) is 4.98 Å². The van der Waals surface area contributed by atoms with Crippen LogP contribution in [0.3, 0.4) is 0 Å². The smallest absolute Gasteiger partial charge is 0.123 e. The Morgan fingerprint density at radius 3 is 2.71 bits per heavy atom. The van der Waals surface area contributed by atoms with E-state index in [-0.39, 0.29) is 5.82 Å². The van der Waals surface area contributed by atoms with E-state index in [1.165, 1.54) is 6.07 Å². The molecule has 2 aromatic carbocycles. The summed E-state index contributed by atoms with van der Waals surface area (Å²) >= 11 is 0. The van der Waals surface area contributed by atoms with Crippen molar-refractivity contribution >= 4 is 11.0 Å². The van der Waals surface area contributed by atoms with Gasteiger partial charge in [-0.3, -0.25) is 0 Å². The van der Waals surface area contributed by atoms with E-state index in [9.17, 15) is 4.39 Å². The van der Waals surface area contributed by atoms with Crippen molar-refractivity contribution in [3.63, 3.8) is 0 Å². The Morgan fingerprint density at radius 2 is 1.95 bits per heavy atom. The summed E-state index contributed by atoms with van der Waals surface area (Å²) in [6, 6.07) is 13.2. The van der Waals surface area contributed by atoms with Gasteiger partial charge in [0.05, 0.1) is 11.0 Å². The summed E-state index contributed by atoms with van der Waals surface area (Å²) in [6.07, 6.45) is 2.01. The molecule has 0 atom stereocenters. The van der Waals surface area contributed by atoms with Crippen LogP contribution >= 0.6 is 0 Å². The van der Waals surface area contributed by atoms with E-state index in [2.05, 4.69) is 17.6 Å². The highest BCUT2D eigenvalue weighted by Gasteiger charge is 2.11. The van der Waals surface area contributed by atoms with Crippen LogP contribution in [0.15, 0.2) is 42.5 Å². The molecule has 3 heteroatoms. The van der Waals surface area contributed by atoms with Crippen molar-refractivity contribution in [3.05, 3.63) is 65.2 Å². The van der Waals surface area contributed by atoms with Crippen molar-refractivity contribution < 1.29 is 4.39 Å². The molecule has 0 aliphatic heterocycles. The van der Waals surface area contributed by atoms with Crippen molar-refractivity contribution in [1.29, 1.82) is 0 Å². The summed E-state index contributed by atoms with van der Waals surface area (Å²) < 4.78 is 15.5. The van der Waals surface area contributed by atoms with Gasteiger partial charge in [-0.25, -0.2) is 9.37 Å². The van der Waals surface area contributed by atoms with Gasteiger partial charge in [0.1, 0.15) is 11.6 Å². The second-order valence-corrected chi connectivity index (χ2v) is 5.42. The standard InChI is InChI=1S/C18H19FN2/c1-3-6-18-20-16-7-4-5-8-17(16)21(18)12-14-9-10-15(19)11-13(14)2/h4-5,7-11H,3,6,12H2,1-2H3. The van der Waals surface area contributed by atoms with E-state index < -0.39 is 0 Å². The predicted molar refractivity (Wildman–Crippen MR) is 84.0 cm³/mol. The highest BCUT2D eigenvalue weighted by molar-refractivity contribution is 5.76. The van der Waals surface area contributed by atoms with E-state index in [0.717, 1.165) is 47.4 Å². The van der Waals surface area contributed by atoms with Crippen LogP contribution in [0.1, 0.15) is 30.3 Å². The van der Waals surface area contributed by atoms with Crippen LogP contribution in [-0.2, 0) is 13.0 Å². The van der Waals surface area contributed by atoms with Gasteiger partial charge in [0, 0.05) is 13.0 Å². The SMILES string of the molecule is CCCc1nc2ccccc2n1Cc1ccc(F)cc1C. The van der Waals surface area contributed by atoms with Gasteiger partial charge in [-0.2, -0.15) is 0 Å². The lowest BCUT2D eigenvalue weighted by Crippen LogP contribution is -2.06. The minimum absolute atomic E-state index is 0.180. The van der Waals surface area contributed by atoms with Gasteiger partial charge >= 0.3 is 0 Å². The lowest BCUT2D eigenvalue weighted by atomic mass is 10.1. The Morgan fingerprint density at radius 1 is 1.14 bits per heavy atom. The quantitative estimate of drug-likeness (QED) is 0.689. The molecule has 0 spiro atoms. The largest absolute Gasteiger partial charge is 0.323 e. The highest BCUT2D eigenvalue weighted by Crippen LogP contribution is 2.20. The maximum atomic E-state index is 13.3. The molecule has 1 heterocycles.